The number of benzene rings is 1. The van der Waals surface area contributed by atoms with E-state index in [0.29, 0.717) is 17.2 Å². The predicted molar refractivity (Wildman–Crippen MR) is 85.7 cm³/mol. The Bertz CT molecular complexity index is 1080. The summed E-state index contributed by atoms with van der Waals surface area (Å²) in [5.41, 5.74) is 1.88. The van der Waals surface area contributed by atoms with E-state index < -0.39 is 4.92 Å². The van der Waals surface area contributed by atoms with Gasteiger partial charge in [-0.25, -0.2) is 14.5 Å². The van der Waals surface area contributed by atoms with Crippen molar-refractivity contribution in [1.82, 2.24) is 29.4 Å². The van der Waals surface area contributed by atoms with Crippen LogP contribution in [-0.2, 0) is 0 Å². The Morgan fingerprint density at radius 2 is 2.04 bits per heavy atom. The van der Waals surface area contributed by atoms with Crippen molar-refractivity contribution in [2.45, 2.75) is 19.9 Å². The Kier molecular flexibility index (Phi) is 3.02. The highest BCUT2D eigenvalue weighted by molar-refractivity contribution is 5.90. The first kappa shape index (κ1) is 14.2. The molecule has 0 N–H and O–H groups in total. The molecule has 0 amide bonds. The van der Waals surface area contributed by atoms with Crippen LogP contribution in [0.4, 0.5) is 5.69 Å². The van der Waals surface area contributed by atoms with Gasteiger partial charge in [0.15, 0.2) is 11.5 Å². The Hall–Kier alpha value is -3.36. The van der Waals surface area contributed by atoms with Gasteiger partial charge in [0.05, 0.1) is 10.4 Å². The second-order valence-electron chi connectivity index (χ2n) is 5.51. The number of aryl methyl sites for hydroxylation is 1. The minimum Gasteiger partial charge on any atom is -0.258 e. The fraction of sp³-hybridized carbons (Fsp3) is 0.200. The van der Waals surface area contributed by atoms with Crippen LogP contribution in [0.25, 0.3) is 16.6 Å². The van der Waals surface area contributed by atoms with Crippen LogP contribution in [0.3, 0.4) is 0 Å². The van der Waals surface area contributed by atoms with Gasteiger partial charge in [-0.05, 0) is 26.0 Å². The van der Waals surface area contributed by atoms with Crippen LogP contribution in [-0.4, -0.2) is 34.3 Å². The molecule has 3 heterocycles. The SMILES string of the molecule is Cc1nn(C(C)c2nc3c4ccccc4ncn3n2)cc1[N+](=O)[O-]. The van der Waals surface area contributed by atoms with Gasteiger partial charge in [-0.15, -0.1) is 5.10 Å². The molecule has 0 fully saturated rings. The molecule has 0 spiro atoms. The summed E-state index contributed by atoms with van der Waals surface area (Å²) < 4.78 is 3.12. The molecule has 0 saturated carbocycles. The number of para-hydroxylation sites is 1. The molecule has 3 aromatic heterocycles. The van der Waals surface area contributed by atoms with E-state index in [1.807, 2.05) is 31.2 Å². The number of nitro groups is 1. The Morgan fingerprint density at radius 3 is 2.79 bits per heavy atom. The molecule has 0 aliphatic heterocycles. The molecule has 9 heteroatoms. The first-order valence-corrected chi connectivity index (χ1v) is 7.35. The summed E-state index contributed by atoms with van der Waals surface area (Å²) in [5.74, 6) is 0.519. The van der Waals surface area contributed by atoms with Gasteiger partial charge >= 0.3 is 5.69 Å². The Morgan fingerprint density at radius 1 is 1.25 bits per heavy atom. The van der Waals surface area contributed by atoms with Crippen molar-refractivity contribution in [2.24, 2.45) is 0 Å². The first-order valence-electron chi connectivity index (χ1n) is 7.35. The minimum absolute atomic E-state index is 0.0160. The molecule has 1 atom stereocenters. The average Bonchev–Trinajstić information content (AvgIpc) is 3.18. The van der Waals surface area contributed by atoms with Crippen LogP contribution < -0.4 is 0 Å². The Labute approximate surface area is 135 Å². The Balaban J connectivity index is 1.82. The van der Waals surface area contributed by atoms with Gasteiger partial charge in [0.1, 0.15) is 24.3 Å². The fourth-order valence-corrected chi connectivity index (χ4v) is 2.64. The van der Waals surface area contributed by atoms with Gasteiger partial charge in [0.25, 0.3) is 0 Å². The van der Waals surface area contributed by atoms with Gasteiger partial charge in [0.2, 0.25) is 0 Å². The third-order valence-corrected chi connectivity index (χ3v) is 3.96. The van der Waals surface area contributed by atoms with E-state index in [-0.39, 0.29) is 11.7 Å². The summed E-state index contributed by atoms with van der Waals surface area (Å²) >= 11 is 0. The van der Waals surface area contributed by atoms with Crippen molar-refractivity contribution >= 4 is 22.2 Å². The van der Waals surface area contributed by atoms with Crippen LogP contribution >= 0.6 is 0 Å². The molecular weight excluding hydrogens is 310 g/mol. The van der Waals surface area contributed by atoms with Crippen LogP contribution in [0, 0.1) is 17.0 Å². The second kappa shape index (κ2) is 5.08. The van der Waals surface area contributed by atoms with Crippen molar-refractivity contribution in [1.29, 1.82) is 0 Å². The number of fused-ring (bicyclic) bond motifs is 3. The molecule has 0 bridgehead atoms. The van der Waals surface area contributed by atoms with E-state index in [1.165, 1.54) is 10.9 Å². The lowest BCUT2D eigenvalue weighted by molar-refractivity contribution is -0.385. The van der Waals surface area contributed by atoms with Gasteiger partial charge < -0.3 is 0 Å². The molecule has 0 aliphatic carbocycles. The molecule has 1 unspecified atom stereocenters. The minimum atomic E-state index is -0.444. The summed E-state index contributed by atoms with van der Waals surface area (Å²) in [4.78, 5) is 19.5. The van der Waals surface area contributed by atoms with Gasteiger partial charge in [-0.1, -0.05) is 12.1 Å². The highest BCUT2D eigenvalue weighted by atomic mass is 16.6. The number of nitrogens with zero attached hydrogens (tertiary/aromatic N) is 7. The monoisotopic (exact) mass is 323 g/mol. The summed E-state index contributed by atoms with van der Waals surface area (Å²) in [7, 11) is 0. The van der Waals surface area contributed by atoms with Crippen molar-refractivity contribution in [3.05, 3.63) is 58.4 Å². The smallest absolute Gasteiger partial charge is 0.258 e. The van der Waals surface area contributed by atoms with Crippen molar-refractivity contribution in [3.63, 3.8) is 0 Å². The highest BCUT2D eigenvalue weighted by Gasteiger charge is 2.21. The third-order valence-electron chi connectivity index (χ3n) is 3.96. The van der Waals surface area contributed by atoms with Crippen molar-refractivity contribution < 1.29 is 4.92 Å². The maximum Gasteiger partial charge on any atom is 0.309 e. The quantitative estimate of drug-likeness (QED) is 0.423. The number of rotatable bonds is 3. The standard InChI is InChI=1S/C15H13N7O2/c1-9-13(22(23)24)7-20(18-9)10(2)14-17-15-11-5-3-4-6-12(11)16-8-21(15)19-14/h3-8,10H,1-2H3. The van der Waals surface area contributed by atoms with Crippen LogP contribution in [0.1, 0.15) is 24.5 Å². The lowest BCUT2D eigenvalue weighted by Gasteiger charge is -2.06. The number of hydrogen-bond acceptors (Lipinski definition) is 6. The van der Waals surface area contributed by atoms with E-state index in [4.69, 9.17) is 0 Å². The summed E-state index contributed by atoms with van der Waals surface area (Å²) in [5, 5.41) is 20.5. The molecule has 0 aliphatic rings. The van der Waals surface area contributed by atoms with Crippen LogP contribution in [0.2, 0.25) is 0 Å². The third kappa shape index (κ3) is 2.09. The van der Waals surface area contributed by atoms with E-state index in [2.05, 4.69) is 20.2 Å². The number of aromatic nitrogens is 6. The molecule has 0 saturated heterocycles. The van der Waals surface area contributed by atoms with Crippen molar-refractivity contribution in [2.75, 3.05) is 0 Å². The fourth-order valence-electron chi connectivity index (χ4n) is 2.64. The highest BCUT2D eigenvalue weighted by Crippen LogP contribution is 2.23. The summed E-state index contributed by atoms with van der Waals surface area (Å²) in [6.45, 7) is 3.45. The zero-order valence-corrected chi connectivity index (χ0v) is 13.0. The lowest BCUT2D eigenvalue weighted by Crippen LogP contribution is -2.09. The van der Waals surface area contributed by atoms with Crippen LogP contribution in [0.15, 0.2) is 36.8 Å². The molecule has 0 radical (unpaired) electrons. The van der Waals surface area contributed by atoms with Gasteiger partial charge in [0, 0.05) is 5.39 Å². The topological polar surface area (TPSA) is 104 Å². The molecule has 9 nitrogen and oxygen atoms in total. The number of hydrogen-bond donors (Lipinski definition) is 0. The van der Waals surface area contributed by atoms with E-state index in [1.54, 1.807) is 17.8 Å². The average molecular weight is 323 g/mol. The second-order valence-corrected chi connectivity index (χ2v) is 5.51. The summed E-state index contributed by atoms with van der Waals surface area (Å²) in [6, 6.07) is 7.34. The van der Waals surface area contributed by atoms with E-state index in [0.717, 1.165) is 10.9 Å². The van der Waals surface area contributed by atoms with Gasteiger partial charge in [-0.3, -0.25) is 14.8 Å². The zero-order valence-electron chi connectivity index (χ0n) is 13.0. The molecular formula is C15H13N7O2. The van der Waals surface area contributed by atoms with Gasteiger partial charge in [-0.2, -0.15) is 5.10 Å². The van der Waals surface area contributed by atoms with E-state index >= 15 is 0 Å². The molecule has 4 rings (SSSR count). The zero-order chi connectivity index (χ0) is 16.8. The maximum absolute atomic E-state index is 11.0. The van der Waals surface area contributed by atoms with Crippen molar-refractivity contribution in [3.8, 4) is 0 Å². The van der Waals surface area contributed by atoms with E-state index in [9.17, 15) is 10.1 Å². The first-order chi connectivity index (χ1) is 11.5. The predicted octanol–water partition coefficient (Wildman–Crippen LogP) is 2.30. The largest absolute Gasteiger partial charge is 0.309 e. The molecule has 24 heavy (non-hydrogen) atoms. The van der Waals surface area contributed by atoms with Crippen LogP contribution in [0.5, 0.6) is 0 Å². The molecule has 120 valence electrons. The maximum atomic E-state index is 11.0. The normalized spacial score (nSPS) is 12.8. The molecule has 1 aromatic carbocycles. The lowest BCUT2D eigenvalue weighted by atomic mass is 10.2. The summed E-state index contributed by atoms with van der Waals surface area (Å²) in [6.07, 6.45) is 3.01. The molecule has 4 aromatic rings.